The molecule has 7 nitrogen and oxygen atoms in total. The van der Waals surface area contributed by atoms with Crippen LogP contribution in [0, 0.1) is 0 Å². The first-order chi connectivity index (χ1) is 14.2. The van der Waals surface area contributed by atoms with E-state index in [0.29, 0.717) is 19.7 Å². The summed E-state index contributed by atoms with van der Waals surface area (Å²) in [6.45, 7) is 6.77. The minimum atomic E-state index is -0.333. The van der Waals surface area contributed by atoms with Crippen molar-refractivity contribution in [2.75, 3.05) is 18.5 Å². The molecule has 1 unspecified atom stereocenters. The van der Waals surface area contributed by atoms with Crippen LogP contribution in [0.15, 0.2) is 35.5 Å². The van der Waals surface area contributed by atoms with Gasteiger partial charge in [-0.3, -0.25) is 4.79 Å². The molecule has 2 heterocycles. The highest BCUT2D eigenvalue weighted by Crippen LogP contribution is 2.17. The summed E-state index contributed by atoms with van der Waals surface area (Å²) in [7, 11) is 0. The van der Waals surface area contributed by atoms with Gasteiger partial charge in [-0.1, -0.05) is 19.1 Å². The largest absolute Gasteiger partial charge is 0.368 e. The number of amides is 1. The summed E-state index contributed by atoms with van der Waals surface area (Å²) >= 11 is 1.72. The van der Waals surface area contributed by atoms with Crippen molar-refractivity contribution < 1.29 is 9.53 Å². The molecule has 1 aromatic heterocycles. The summed E-state index contributed by atoms with van der Waals surface area (Å²) < 4.78 is 5.44. The lowest BCUT2D eigenvalue weighted by atomic mass is 10.2. The van der Waals surface area contributed by atoms with Crippen LogP contribution in [-0.4, -0.2) is 36.1 Å². The Balaban J connectivity index is 1.57. The second-order valence-electron chi connectivity index (χ2n) is 6.81. The van der Waals surface area contributed by atoms with E-state index in [-0.39, 0.29) is 12.0 Å². The number of aryl methyl sites for hydroxylation is 1. The lowest BCUT2D eigenvalue weighted by Gasteiger charge is -2.12. The van der Waals surface area contributed by atoms with Crippen LogP contribution in [-0.2, 0) is 29.0 Å². The van der Waals surface area contributed by atoms with Crippen LogP contribution in [0.25, 0.3) is 0 Å². The lowest BCUT2D eigenvalue weighted by Crippen LogP contribution is -2.36. The summed E-state index contributed by atoms with van der Waals surface area (Å²) in [5, 5.41) is 10.6. The molecule has 8 heteroatoms. The molecular weight excluding hydrogens is 386 g/mol. The number of thiazole rings is 1. The number of aromatic nitrogens is 1. The number of rotatable bonds is 8. The molecule has 1 saturated heterocycles. The van der Waals surface area contributed by atoms with Gasteiger partial charge in [0.2, 0.25) is 0 Å². The van der Waals surface area contributed by atoms with E-state index in [4.69, 9.17) is 4.74 Å². The zero-order valence-electron chi connectivity index (χ0n) is 17.0. The van der Waals surface area contributed by atoms with Gasteiger partial charge < -0.3 is 20.7 Å². The maximum atomic E-state index is 12.2. The minimum Gasteiger partial charge on any atom is -0.368 e. The molecule has 1 fully saturated rings. The summed E-state index contributed by atoms with van der Waals surface area (Å²) in [6, 6.07) is 7.77. The number of aliphatic imine (C=N–C) groups is 1. The van der Waals surface area contributed by atoms with Gasteiger partial charge in [0, 0.05) is 29.9 Å². The van der Waals surface area contributed by atoms with Gasteiger partial charge in [0.25, 0.3) is 5.91 Å². The van der Waals surface area contributed by atoms with Crippen LogP contribution in [0.1, 0.15) is 42.1 Å². The summed E-state index contributed by atoms with van der Waals surface area (Å²) in [5.74, 6) is 0.669. The number of ether oxygens (including phenoxy) is 1. The number of guanidine groups is 1. The molecule has 2 aromatic rings. The van der Waals surface area contributed by atoms with Crippen LogP contribution in [0.3, 0.4) is 0 Å². The fourth-order valence-corrected chi connectivity index (χ4v) is 3.82. The van der Waals surface area contributed by atoms with E-state index < -0.39 is 0 Å². The highest BCUT2D eigenvalue weighted by molar-refractivity contribution is 7.11. The fourth-order valence-electron chi connectivity index (χ4n) is 3.02. The topological polar surface area (TPSA) is 87.6 Å². The Morgan fingerprint density at radius 2 is 2.24 bits per heavy atom. The molecule has 0 radical (unpaired) electrons. The molecular formula is C21H29N5O2S. The van der Waals surface area contributed by atoms with E-state index in [2.05, 4.69) is 32.9 Å². The maximum Gasteiger partial charge on any atom is 0.253 e. The zero-order valence-corrected chi connectivity index (χ0v) is 17.8. The Hall–Kier alpha value is -2.45. The van der Waals surface area contributed by atoms with Gasteiger partial charge in [-0.05, 0) is 43.9 Å². The molecule has 1 atom stereocenters. The molecule has 3 rings (SSSR count). The van der Waals surface area contributed by atoms with E-state index in [1.165, 1.54) is 4.88 Å². The molecule has 29 heavy (non-hydrogen) atoms. The lowest BCUT2D eigenvalue weighted by molar-refractivity contribution is -0.124. The van der Waals surface area contributed by atoms with Crippen molar-refractivity contribution in [1.29, 1.82) is 0 Å². The molecule has 0 bridgehead atoms. The summed E-state index contributed by atoms with van der Waals surface area (Å²) in [6.07, 6.45) is 4.33. The van der Waals surface area contributed by atoms with Gasteiger partial charge in [-0.25, -0.2) is 9.98 Å². The maximum absolute atomic E-state index is 12.2. The Bertz CT molecular complexity index is 830. The number of anilines is 1. The van der Waals surface area contributed by atoms with Crippen molar-refractivity contribution in [3.05, 3.63) is 45.9 Å². The summed E-state index contributed by atoms with van der Waals surface area (Å²) in [4.78, 5) is 22.6. The van der Waals surface area contributed by atoms with Gasteiger partial charge in [0.1, 0.15) is 11.1 Å². The molecule has 3 N–H and O–H groups in total. The Labute approximate surface area is 176 Å². The van der Waals surface area contributed by atoms with E-state index >= 15 is 0 Å². The molecule has 1 aliphatic rings. The first kappa shape index (κ1) is 21.3. The number of carbonyl (C=O) groups is 1. The smallest absolute Gasteiger partial charge is 0.253 e. The quantitative estimate of drug-likeness (QED) is 0.456. The summed E-state index contributed by atoms with van der Waals surface area (Å²) in [5.41, 5.74) is 1.79. The van der Waals surface area contributed by atoms with Crippen LogP contribution >= 0.6 is 11.3 Å². The molecule has 0 aliphatic carbocycles. The van der Waals surface area contributed by atoms with Crippen molar-refractivity contribution >= 4 is 28.9 Å². The Morgan fingerprint density at radius 3 is 2.97 bits per heavy atom. The van der Waals surface area contributed by atoms with E-state index in [1.807, 2.05) is 37.4 Å². The van der Waals surface area contributed by atoms with E-state index in [9.17, 15) is 4.79 Å². The third-order valence-corrected chi connectivity index (χ3v) is 5.68. The minimum absolute atomic E-state index is 0.0759. The molecule has 1 aliphatic heterocycles. The number of benzene rings is 1. The number of nitrogens with zero attached hydrogens (tertiary/aromatic N) is 2. The molecule has 1 aromatic carbocycles. The van der Waals surface area contributed by atoms with Crippen LogP contribution < -0.4 is 16.0 Å². The van der Waals surface area contributed by atoms with E-state index in [0.717, 1.165) is 48.0 Å². The SMILES string of the molecule is CCNC(=NCc1cccc(NC(=O)C2CCCO2)c1)NCc1ncc(CC)s1. The monoisotopic (exact) mass is 415 g/mol. The fraction of sp³-hybridized carbons (Fsp3) is 0.476. The van der Waals surface area contributed by atoms with Crippen LogP contribution in [0.4, 0.5) is 5.69 Å². The van der Waals surface area contributed by atoms with Crippen LogP contribution in [0.5, 0.6) is 0 Å². The number of nitrogens with one attached hydrogen (secondary N) is 3. The van der Waals surface area contributed by atoms with Crippen molar-refractivity contribution in [2.24, 2.45) is 4.99 Å². The van der Waals surface area contributed by atoms with Gasteiger partial charge in [-0.2, -0.15) is 0 Å². The second kappa shape index (κ2) is 10.9. The van der Waals surface area contributed by atoms with Gasteiger partial charge in [0.15, 0.2) is 5.96 Å². The molecule has 0 saturated carbocycles. The first-order valence-corrected chi connectivity index (χ1v) is 11.0. The van der Waals surface area contributed by atoms with Gasteiger partial charge in [-0.15, -0.1) is 11.3 Å². The highest BCUT2D eigenvalue weighted by atomic mass is 32.1. The Morgan fingerprint density at radius 1 is 1.34 bits per heavy atom. The molecule has 156 valence electrons. The van der Waals surface area contributed by atoms with Gasteiger partial charge >= 0.3 is 0 Å². The average Bonchev–Trinajstić information content (AvgIpc) is 3.42. The Kier molecular flexibility index (Phi) is 8.01. The van der Waals surface area contributed by atoms with Crippen molar-refractivity contribution in [3.63, 3.8) is 0 Å². The van der Waals surface area contributed by atoms with Gasteiger partial charge in [0.05, 0.1) is 13.1 Å². The van der Waals surface area contributed by atoms with Crippen LogP contribution in [0.2, 0.25) is 0 Å². The van der Waals surface area contributed by atoms with Crippen molar-refractivity contribution in [3.8, 4) is 0 Å². The molecule has 0 spiro atoms. The van der Waals surface area contributed by atoms with Crippen molar-refractivity contribution in [1.82, 2.24) is 15.6 Å². The predicted octanol–water partition coefficient (Wildman–Crippen LogP) is 3.08. The zero-order chi connectivity index (χ0) is 20.5. The average molecular weight is 416 g/mol. The van der Waals surface area contributed by atoms with Crippen molar-refractivity contribution in [2.45, 2.75) is 52.3 Å². The standard InChI is InChI=1S/C21H29N5O2S/c1-3-17-13-23-19(29-17)14-25-21(22-4-2)24-12-15-7-5-8-16(11-15)26-20(27)18-9-6-10-28-18/h5,7-8,11,13,18H,3-4,6,9-10,12,14H2,1-2H3,(H,26,27)(H2,22,24,25). The number of carbonyl (C=O) groups excluding carboxylic acids is 1. The third kappa shape index (κ3) is 6.54. The second-order valence-corrected chi connectivity index (χ2v) is 8.01. The van der Waals surface area contributed by atoms with E-state index in [1.54, 1.807) is 11.3 Å². The predicted molar refractivity (Wildman–Crippen MR) is 117 cm³/mol. The normalized spacial score (nSPS) is 16.6. The third-order valence-electron chi connectivity index (χ3n) is 4.54. The first-order valence-electron chi connectivity index (χ1n) is 10.1. The molecule has 1 amide bonds. The highest BCUT2D eigenvalue weighted by Gasteiger charge is 2.23. The number of hydrogen-bond acceptors (Lipinski definition) is 5. The number of hydrogen-bond donors (Lipinski definition) is 3.